The lowest BCUT2D eigenvalue weighted by molar-refractivity contribution is 0.0491. The summed E-state index contributed by atoms with van der Waals surface area (Å²) >= 11 is 5.86. The van der Waals surface area contributed by atoms with Gasteiger partial charge in [0.2, 0.25) is 11.2 Å². The minimum atomic E-state index is -0.800. The third kappa shape index (κ3) is 4.51. The van der Waals surface area contributed by atoms with Gasteiger partial charge >= 0.3 is 11.9 Å². The number of fused-ring (bicyclic) bond motifs is 1. The van der Waals surface area contributed by atoms with E-state index in [1.165, 1.54) is 37.4 Å². The molecule has 1 aromatic heterocycles. The molecule has 0 saturated carbocycles. The Labute approximate surface area is 199 Å². The van der Waals surface area contributed by atoms with Gasteiger partial charge in [0.25, 0.3) is 0 Å². The quantitative estimate of drug-likeness (QED) is 0.266. The topological polar surface area (TPSA) is 92.0 Å². The molecule has 0 radical (unpaired) electrons. The van der Waals surface area contributed by atoms with Gasteiger partial charge in [-0.25, -0.2) is 9.59 Å². The average molecular weight is 479 g/mol. The Bertz CT molecular complexity index is 1440. The minimum absolute atomic E-state index is 0.0225. The number of benzene rings is 3. The van der Waals surface area contributed by atoms with Gasteiger partial charge in [-0.1, -0.05) is 29.8 Å². The maximum atomic E-state index is 13.5. The van der Waals surface area contributed by atoms with E-state index in [2.05, 4.69) is 0 Å². The highest BCUT2D eigenvalue weighted by Crippen LogP contribution is 2.33. The zero-order valence-corrected chi connectivity index (χ0v) is 19.0. The molecular formula is C26H19ClO7. The Hall–Kier alpha value is -4.10. The lowest BCUT2D eigenvalue weighted by Crippen LogP contribution is -2.15. The van der Waals surface area contributed by atoms with Crippen LogP contribution >= 0.6 is 11.6 Å². The van der Waals surface area contributed by atoms with Crippen molar-refractivity contribution in [2.24, 2.45) is 0 Å². The zero-order chi connectivity index (χ0) is 24.2. The van der Waals surface area contributed by atoms with Crippen LogP contribution in [-0.2, 0) is 4.74 Å². The van der Waals surface area contributed by atoms with E-state index in [0.29, 0.717) is 21.9 Å². The van der Waals surface area contributed by atoms with Gasteiger partial charge in [0.1, 0.15) is 17.1 Å². The Morgan fingerprint density at radius 3 is 2.41 bits per heavy atom. The minimum Gasteiger partial charge on any atom is -0.496 e. The maximum absolute atomic E-state index is 13.5. The predicted octanol–water partition coefficient (Wildman–Crippen LogP) is 5.52. The molecule has 0 aliphatic heterocycles. The molecule has 0 aliphatic carbocycles. The van der Waals surface area contributed by atoms with E-state index >= 15 is 0 Å². The number of para-hydroxylation sites is 1. The lowest BCUT2D eigenvalue weighted by atomic mass is 10.0. The molecule has 0 amide bonds. The number of ether oxygens (including phenoxy) is 3. The Morgan fingerprint density at radius 2 is 1.71 bits per heavy atom. The highest BCUT2D eigenvalue weighted by Gasteiger charge is 2.25. The molecule has 0 atom stereocenters. The van der Waals surface area contributed by atoms with E-state index in [4.69, 9.17) is 30.2 Å². The summed E-state index contributed by atoms with van der Waals surface area (Å²) in [6, 6.07) is 17.3. The van der Waals surface area contributed by atoms with Crippen molar-refractivity contribution < 1.29 is 28.2 Å². The first kappa shape index (κ1) is 23.1. The fraction of sp³-hybridized carbons (Fsp3) is 0.115. The average Bonchev–Trinajstić information content (AvgIpc) is 2.84. The summed E-state index contributed by atoms with van der Waals surface area (Å²) < 4.78 is 21.8. The molecule has 3 aromatic carbocycles. The molecule has 0 aliphatic rings. The third-order valence-corrected chi connectivity index (χ3v) is 5.24. The molecule has 34 heavy (non-hydrogen) atoms. The number of carbonyl (C=O) groups excluding carboxylic acids is 2. The van der Waals surface area contributed by atoms with Crippen molar-refractivity contribution in [2.45, 2.75) is 6.92 Å². The van der Waals surface area contributed by atoms with Crippen LogP contribution in [0.15, 0.2) is 75.9 Å². The number of rotatable bonds is 6. The van der Waals surface area contributed by atoms with Crippen LogP contribution < -0.4 is 14.9 Å². The molecule has 4 aromatic rings. The second-order valence-electron chi connectivity index (χ2n) is 7.11. The Kier molecular flexibility index (Phi) is 6.65. The summed E-state index contributed by atoms with van der Waals surface area (Å²) in [7, 11) is 1.47. The molecular weight excluding hydrogens is 460 g/mol. The van der Waals surface area contributed by atoms with Crippen LogP contribution in [0, 0.1) is 0 Å². The molecule has 1 heterocycles. The summed E-state index contributed by atoms with van der Waals surface area (Å²) in [5, 5.41) is 0.682. The van der Waals surface area contributed by atoms with Gasteiger partial charge in [-0.15, -0.1) is 0 Å². The van der Waals surface area contributed by atoms with E-state index < -0.39 is 17.4 Å². The van der Waals surface area contributed by atoms with Gasteiger partial charge < -0.3 is 18.6 Å². The van der Waals surface area contributed by atoms with Crippen molar-refractivity contribution in [3.63, 3.8) is 0 Å². The number of methoxy groups -OCH3 is 1. The van der Waals surface area contributed by atoms with Crippen LogP contribution in [0.5, 0.6) is 11.5 Å². The van der Waals surface area contributed by atoms with Gasteiger partial charge in [-0.2, -0.15) is 0 Å². The van der Waals surface area contributed by atoms with Crippen LogP contribution in [0.1, 0.15) is 27.8 Å². The van der Waals surface area contributed by atoms with E-state index in [-0.39, 0.29) is 34.6 Å². The largest absolute Gasteiger partial charge is 0.496 e. The fourth-order valence-electron chi connectivity index (χ4n) is 3.43. The summed E-state index contributed by atoms with van der Waals surface area (Å²) in [5.74, 6) is -1.16. The van der Waals surface area contributed by atoms with Crippen molar-refractivity contribution in [1.29, 1.82) is 0 Å². The van der Waals surface area contributed by atoms with Crippen LogP contribution in [0.25, 0.3) is 22.1 Å². The molecule has 0 N–H and O–H groups in total. The van der Waals surface area contributed by atoms with Crippen LogP contribution in [0.4, 0.5) is 0 Å². The molecule has 0 saturated heterocycles. The summed E-state index contributed by atoms with van der Waals surface area (Å²) in [6.07, 6.45) is 0. The van der Waals surface area contributed by atoms with Crippen molar-refractivity contribution in [1.82, 2.24) is 0 Å². The van der Waals surface area contributed by atoms with Gasteiger partial charge in [0, 0.05) is 16.7 Å². The number of hydrogen-bond acceptors (Lipinski definition) is 7. The molecule has 8 heteroatoms. The van der Waals surface area contributed by atoms with Crippen LogP contribution in [0.2, 0.25) is 5.02 Å². The molecule has 172 valence electrons. The van der Waals surface area contributed by atoms with Crippen LogP contribution in [-0.4, -0.2) is 25.7 Å². The second kappa shape index (κ2) is 9.80. The van der Waals surface area contributed by atoms with E-state index in [1.807, 2.05) is 0 Å². The van der Waals surface area contributed by atoms with Gasteiger partial charge in [-0.05, 0) is 49.4 Å². The first-order valence-electron chi connectivity index (χ1n) is 10.3. The molecule has 4 rings (SSSR count). The molecule has 0 spiro atoms. The van der Waals surface area contributed by atoms with Crippen molar-refractivity contribution in [3.8, 4) is 22.6 Å². The van der Waals surface area contributed by atoms with E-state index in [9.17, 15) is 14.4 Å². The third-order valence-electron chi connectivity index (χ3n) is 4.99. The lowest BCUT2D eigenvalue weighted by Gasteiger charge is -2.13. The summed E-state index contributed by atoms with van der Waals surface area (Å²) in [5.41, 5.74) is 0.318. The number of hydrogen-bond donors (Lipinski definition) is 0. The first-order valence-corrected chi connectivity index (χ1v) is 10.7. The molecule has 0 unspecified atom stereocenters. The van der Waals surface area contributed by atoms with Gasteiger partial charge in [-0.3, -0.25) is 4.79 Å². The fourth-order valence-corrected chi connectivity index (χ4v) is 3.55. The van der Waals surface area contributed by atoms with Crippen molar-refractivity contribution in [2.75, 3.05) is 13.7 Å². The Balaban J connectivity index is 1.83. The normalized spacial score (nSPS) is 10.7. The van der Waals surface area contributed by atoms with E-state index in [1.54, 1.807) is 43.3 Å². The van der Waals surface area contributed by atoms with Gasteiger partial charge in [0.05, 0.1) is 30.2 Å². The van der Waals surface area contributed by atoms with Crippen molar-refractivity contribution >= 4 is 34.5 Å². The number of carbonyl (C=O) groups is 2. The first-order chi connectivity index (χ1) is 16.4. The number of esters is 2. The summed E-state index contributed by atoms with van der Waals surface area (Å²) in [6.45, 7) is 1.73. The SMILES string of the molecule is CCOC(=O)c1oc2cc(OC(=O)c3ccc(Cl)cc3)ccc2c(=O)c1-c1ccccc1OC. The van der Waals surface area contributed by atoms with Gasteiger partial charge in [0.15, 0.2) is 0 Å². The molecule has 0 bridgehead atoms. The zero-order valence-electron chi connectivity index (χ0n) is 18.3. The smallest absolute Gasteiger partial charge is 0.375 e. The van der Waals surface area contributed by atoms with Crippen LogP contribution in [0.3, 0.4) is 0 Å². The monoisotopic (exact) mass is 478 g/mol. The number of halogens is 1. The molecule has 0 fully saturated rings. The standard InChI is InChI=1S/C26H19ClO7/c1-3-32-26(30)24-22(18-6-4-5-7-20(18)31-2)23(28)19-13-12-17(14-21(19)34-24)33-25(29)15-8-10-16(27)11-9-15/h4-14H,3H2,1-2H3. The van der Waals surface area contributed by atoms with Crippen molar-refractivity contribution in [3.05, 3.63) is 93.3 Å². The predicted molar refractivity (Wildman–Crippen MR) is 127 cm³/mol. The highest BCUT2D eigenvalue weighted by molar-refractivity contribution is 6.30. The Morgan fingerprint density at radius 1 is 0.971 bits per heavy atom. The maximum Gasteiger partial charge on any atom is 0.375 e. The highest BCUT2D eigenvalue weighted by atomic mass is 35.5. The molecule has 7 nitrogen and oxygen atoms in total. The van der Waals surface area contributed by atoms with E-state index in [0.717, 1.165) is 0 Å². The second-order valence-corrected chi connectivity index (χ2v) is 7.55. The summed E-state index contributed by atoms with van der Waals surface area (Å²) in [4.78, 5) is 38.6.